The Balaban J connectivity index is 2.94. The molecule has 0 N–H and O–H groups in total. The van der Waals surface area contributed by atoms with Gasteiger partial charge in [0.05, 0.1) is 24.5 Å². The second kappa shape index (κ2) is 6.10. The summed E-state index contributed by atoms with van der Waals surface area (Å²) in [6, 6.07) is 3.12. The Kier molecular flexibility index (Phi) is 4.99. The van der Waals surface area contributed by atoms with Crippen LogP contribution >= 0.6 is 0 Å². The summed E-state index contributed by atoms with van der Waals surface area (Å²) in [6.07, 6.45) is -0.352. The predicted molar refractivity (Wildman–Crippen MR) is 65.1 cm³/mol. The molecule has 0 aromatic heterocycles. The van der Waals surface area contributed by atoms with Gasteiger partial charge in [0.15, 0.2) is 9.84 Å². The molecule has 0 spiro atoms. The van der Waals surface area contributed by atoms with Crippen LogP contribution in [0.3, 0.4) is 0 Å². The van der Waals surface area contributed by atoms with E-state index in [2.05, 4.69) is 4.74 Å². The Bertz CT molecular complexity index is 549. The van der Waals surface area contributed by atoms with Crippen LogP contribution in [0.15, 0.2) is 18.2 Å². The Labute approximate surface area is 110 Å². The number of carbonyl (C=O) groups is 1. The summed E-state index contributed by atoms with van der Waals surface area (Å²) in [5.74, 6) is -3.32. The number of benzene rings is 1. The van der Waals surface area contributed by atoms with E-state index < -0.39 is 44.0 Å². The first-order chi connectivity index (χ1) is 8.77. The van der Waals surface area contributed by atoms with Crippen LogP contribution in [0.1, 0.15) is 18.9 Å². The summed E-state index contributed by atoms with van der Waals surface area (Å²) in [5, 5.41) is -1.07. The fourth-order valence-electron chi connectivity index (χ4n) is 1.46. The van der Waals surface area contributed by atoms with Gasteiger partial charge in [0.25, 0.3) is 0 Å². The number of hydrogen-bond acceptors (Lipinski definition) is 4. The van der Waals surface area contributed by atoms with Crippen molar-refractivity contribution < 1.29 is 26.7 Å². The maximum Gasteiger partial charge on any atom is 0.306 e. The van der Waals surface area contributed by atoms with Crippen molar-refractivity contribution in [1.29, 1.82) is 0 Å². The van der Waals surface area contributed by atoms with Gasteiger partial charge in [-0.15, -0.1) is 0 Å². The molecular weight excluding hydrogens is 278 g/mol. The van der Waals surface area contributed by atoms with E-state index in [4.69, 9.17) is 0 Å². The molecule has 0 aliphatic heterocycles. The second-order valence-electron chi connectivity index (χ2n) is 4.10. The highest BCUT2D eigenvalue weighted by atomic mass is 32.2. The monoisotopic (exact) mass is 292 g/mol. The first-order valence-electron chi connectivity index (χ1n) is 5.49. The third-order valence-corrected chi connectivity index (χ3v) is 4.79. The first kappa shape index (κ1) is 15.6. The molecular formula is C12H14F2O4S. The lowest BCUT2D eigenvalue weighted by Crippen LogP contribution is -2.24. The Morgan fingerprint density at radius 1 is 1.32 bits per heavy atom. The molecule has 0 aliphatic rings. The van der Waals surface area contributed by atoms with Crippen molar-refractivity contribution in [3.8, 4) is 0 Å². The molecule has 0 heterocycles. The van der Waals surface area contributed by atoms with Gasteiger partial charge in [0, 0.05) is 5.56 Å². The zero-order valence-corrected chi connectivity index (χ0v) is 11.3. The Morgan fingerprint density at radius 2 is 1.84 bits per heavy atom. The van der Waals surface area contributed by atoms with E-state index >= 15 is 0 Å². The number of hydrogen-bond donors (Lipinski definition) is 0. The fraction of sp³-hybridized carbons (Fsp3) is 0.417. The number of halogens is 2. The first-order valence-corrected chi connectivity index (χ1v) is 7.20. The molecule has 1 unspecified atom stereocenters. The van der Waals surface area contributed by atoms with Crippen molar-refractivity contribution >= 4 is 15.8 Å². The minimum Gasteiger partial charge on any atom is -0.469 e. The summed E-state index contributed by atoms with van der Waals surface area (Å²) in [4.78, 5) is 11.0. The second-order valence-corrected chi connectivity index (χ2v) is 6.52. The molecule has 0 saturated heterocycles. The van der Waals surface area contributed by atoms with E-state index in [9.17, 15) is 22.0 Å². The lowest BCUT2D eigenvalue weighted by molar-refractivity contribution is -0.140. The van der Waals surface area contributed by atoms with Crippen molar-refractivity contribution in [3.05, 3.63) is 35.4 Å². The van der Waals surface area contributed by atoms with Crippen molar-refractivity contribution in [3.63, 3.8) is 0 Å². The van der Waals surface area contributed by atoms with Gasteiger partial charge in [-0.2, -0.15) is 0 Å². The summed E-state index contributed by atoms with van der Waals surface area (Å²) >= 11 is 0. The quantitative estimate of drug-likeness (QED) is 0.777. The standard InChI is InChI=1S/C12H14F2O4S/c1-8(6-12(15)18-2)19(16,17)7-9-10(13)4-3-5-11(9)14/h3-5,8H,6-7H2,1-2H3. The lowest BCUT2D eigenvalue weighted by Gasteiger charge is -2.12. The van der Waals surface area contributed by atoms with Crippen molar-refractivity contribution in [2.24, 2.45) is 0 Å². The van der Waals surface area contributed by atoms with Crippen LogP contribution < -0.4 is 0 Å². The molecule has 1 rings (SSSR count). The molecule has 0 amide bonds. The van der Waals surface area contributed by atoms with E-state index in [1.807, 2.05) is 0 Å². The van der Waals surface area contributed by atoms with Crippen LogP contribution in [0.4, 0.5) is 8.78 Å². The molecule has 0 saturated carbocycles. The van der Waals surface area contributed by atoms with Gasteiger partial charge in [0.1, 0.15) is 11.6 Å². The number of ether oxygens (including phenoxy) is 1. The lowest BCUT2D eigenvalue weighted by atomic mass is 10.2. The van der Waals surface area contributed by atoms with Crippen molar-refractivity contribution in [2.75, 3.05) is 7.11 Å². The van der Waals surface area contributed by atoms with Crippen molar-refractivity contribution in [2.45, 2.75) is 24.3 Å². The third kappa shape index (κ3) is 3.99. The molecule has 1 aromatic rings. The Hall–Kier alpha value is -1.50. The van der Waals surface area contributed by atoms with Crippen LogP contribution in [-0.4, -0.2) is 26.7 Å². The van der Waals surface area contributed by atoms with Crippen LogP contribution in [0.25, 0.3) is 0 Å². The normalized spacial score (nSPS) is 13.1. The molecule has 0 bridgehead atoms. The Morgan fingerprint density at radius 3 is 2.32 bits per heavy atom. The van der Waals surface area contributed by atoms with Crippen LogP contribution in [-0.2, 0) is 25.1 Å². The van der Waals surface area contributed by atoms with Crippen molar-refractivity contribution in [1.82, 2.24) is 0 Å². The highest BCUT2D eigenvalue weighted by molar-refractivity contribution is 7.91. The van der Waals surface area contributed by atoms with Crippen LogP contribution in [0, 0.1) is 11.6 Å². The van der Waals surface area contributed by atoms with E-state index in [0.29, 0.717) is 0 Å². The van der Waals surface area contributed by atoms with Gasteiger partial charge in [-0.3, -0.25) is 4.79 Å². The molecule has 106 valence electrons. The van der Waals surface area contributed by atoms with Crippen LogP contribution in [0.5, 0.6) is 0 Å². The summed E-state index contributed by atoms with van der Waals surface area (Å²) < 4.78 is 54.9. The minimum atomic E-state index is -3.84. The van der Waals surface area contributed by atoms with Gasteiger partial charge in [-0.25, -0.2) is 17.2 Å². The molecule has 0 aliphatic carbocycles. The van der Waals surface area contributed by atoms with E-state index in [1.54, 1.807) is 0 Å². The average molecular weight is 292 g/mol. The molecule has 1 aromatic carbocycles. The number of methoxy groups -OCH3 is 1. The highest BCUT2D eigenvalue weighted by Gasteiger charge is 2.26. The van der Waals surface area contributed by atoms with Gasteiger partial charge >= 0.3 is 5.97 Å². The maximum absolute atomic E-state index is 13.4. The van der Waals surface area contributed by atoms with E-state index in [1.165, 1.54) is 6.92 Å². The topological polar surface area (TPSA) is 60.4 Å². The third-order valence-electron chi connectivity index (χ3n) is 2.70. The summed E-state index contributed by atoms with van der Waals surface area (Å²) in [5.41, 5.74) is -0.515. The summed E-state index contributed by atoms with van der Waals surface area (Å²) in [6.45, 7) is 1.30. The average Bonchev–Trinajstić information content (AvgIpc) is 2.33. The van der Waals surface area contributed by atoms with E-state index in [-0.39, 0.29) is 6.42 Å². The maximum atomic E-state index is 13.4. The molecule has 7 heteroatoms. The minimum absolute atomic E-state index is 0.352. The predicted octanol–water partition coefficient (Wildman–Crippen LogP) is 1.83. The fourth-order valence-corrected chi connectivity index (χ4v) is 2.81. The number of sulfone groups is 1. The largest absolute Gasteiger partial charge is 0.469 e. The number of esters is 1. The zero-order chi connectivity index (χ0) is 14.6. The molecule has 0 fully saturated rings. The van der Waals surface area contributed by atoms with Crippen LogP contribution in [0.2, 0.25) is 0 Å². The van der Waals surface area contributed by atoms with Gasteiger partial charge in [-0.1, -0.05) is 6.07 Å². The van der Waals surface area contributed by atoms with Gasteiger partial charge < -0.3 is 4.74 Å². The SMILES string of the molecule is COC(=O)CC(C)S(=O)(=O)Cc1c(F)cccc1F. The zero-order valence-electron chi connectivity index (χ0n) is 10.5. The van der Waals surface area contributed by atoms with Gasteiger partial charge in [0.2, 0.25) is 0 Å². The molecule has 19 heavy (non-hydrogen) atoms. The smallest absolute Gasteiger partial charge is 0.306 e. The molecule has 4 nitrogen and oxygen atoms in total. The number of rotatable bonds is 5. The number of carbonyl (C=O) groups excluding carboxylic acids is 1. The summed E-state index contributed by atoms with van der Waals surface area (Å²) in [7, 11) is -2.71. The highest BCUT2D eigenvalue weighted by Crippen LogP contribution is 2.19. The molecule has 1 atom stereocenters. The van der Waals surface area contributed by atoms with Gasteiger partial charge in [-0.05, 0) is 19.1 Å². The van der Waals surface area contributed by atoms with E-state index in [0.717, 1.165) is 25.3 Å². The molecule has 0 radical (unpaired) electrons.